The van der Waals surface area contributed by atoms with E-state index < -0.39 is 0 Å². The summed E-state index contributed by atoms with van der Waals surface area (Å²) in [6.45, 7) is 0. The maximum Gasteiger partial charge on any atom is 0.133 e. The van der Waals surface area contributed by atoms with Crippen LogP contribution in [0.15, 0.2) is 52.3 Å². The van der Waals surface area contributed by atoms with Crippen LogP contribution in [0.3, 0.4) is 0 Å². The molecule has 0 spiro atoms. The van der Waals surface area contributed by atoms with E-state index in [1.54, 1.807) is 18.4 Å². The van der Waals surface area contributed by atoms with E-state index in [9.17, 15) is 0 Å². The van der Waals surface area contributed by atoms with Crippen LogP contribution in [0.25, 0.3) is 10.1 Å². The summed E-state index contributed by atoms with van der Waals surface area (Å²) in [6.07, 6.45) is 0. The van der Waals surface area contributed by atoms with Crippen molar-refractivity contribution in [2.24, 2.45) is 5.84 Å². The van der Waals surface area contributed by atoms with E-state index in [0.717, 1.165) is 15.8 Å². The highest BCUT2D eigenvalue weighted by molar-refractivity contribution is 9.10. The van der Waals surface area contributed by atoms with Crippen molar-refractivity contribution >= 4 is 37.4 Å². The molecule has 3 nitrogen and oxygen atoms in total. The van der Waals surface area contributed by atoms with Gasteiger partial charge in [0.25, 0.3) is 0 Å². The average molecular weight is 363 g/mol. The van der Waals surface area contributed by atoms with E-state index in [1.807, 2.05) is 18.2 Å². The zero-order valence-corrected chi connectivity index (χ0v) is 13.9. The van der Waals surface area contributed by atoms with Gasteiger partial charge in [-0.05, 0) is 56.0 Å². The highest BCUT2D eigenvalue weighted by Gasteiger charge is 2.17. The zero-order chi connectivity index (χ0) is 14.8. The first-order valence-corrected chi connectivity index (χ1v) is 8.17. The van der Waals surface area contributed by atoms with Crippen LogP contribution in [-0.4, -0.2) is 7.11 Å². The maximum absolute atomic E-state index is 5.83. The van der Waals surface area contributed by atoms with Gasteiger partial charge in [0.15, 0.2) is 0 Å². The quantitative estimate of drug-likeness (QED) is 0.539. The molecule has 1 atom stereocenters. The minimum Gasteiger partial charge on any atom is -0.496 e. The molecule has 3 aromatic rings. The number of hydrogen-bond acceptors (Lipinski definition) is 4. The standard InChI is InChI=1S/C16H15BrN2OS/c1-20-14-6-5-11(9-13(14)17)15(19-18)12-4-2-3-10-7-8-21-16(10)12/h2-9,15,19H,18H2,1H3. The number of fused-ring (bicyclic) bond motifs is 1. The van der Waals surface area contributed by atoms with Gasteiger partial charge in [-0.3, -0.25) is 5.84 Å². The smallest absolute Gasteiger partial charge is 0.133 e. The van der Waals surface area contributed by atoms with E-state index >= 15 is 0 Å². The van der Waals surface area contributed by atoms with Crippen LogP contribution in [0.4, 0.5) is 0 Å². The zero-order valence-electron chi connectivity index (χ0n) is 11.5. The third-order valence-corrected chi connectivity index (χ3v) is 5.10. The summed E-state index contributed by atoms with van der Waals surface area (Å²) in [4.78, 5) is 0. The first-order chi connectivity index (χ1) is 10.2. The third-order valence-electron chi connectivity index (χ3n) is 3.50. The molecule has 3 rings (SSSR count). The lowest BCUT2D eigenvalue weighted by atomic mass is 9.98. The Morgan fingerprint density at radius 2 is 2.10 bits per heavy atom. The average Bonchev–Trinajstić information content (AvgIpc) is 2.97. The number of ether oxygens (including phenoxy) is 1. The highest BCUT2D eigenvalue weighted by atomic mass is 79.9. The fourth-order valence-corrected chi connectivity index (χ4v) is 3.97. The monoisotopic (exact) mass is 362 g/mol. The van der Waals surface area contributed by atoms with Gasteiger partial charge < -0.3 is 4.74 Å². The Kier molecular flexibility index (Phi) is 4.26. The Bertz CT molecular complexity index is 772. The van der Waals surface area contributed by atoms with Gasteiger partial charge in [0.1, 0.15) is 5.75 Å². The molecule has 1 unspecified atom stereocenters. The van der Waals surface area contributed by atoms with Gasteiger partial charge in [-0.2, -0.15) is 0 Å². The summed E-state index contributed by atoms with van der Waals surface area (Å²) in [5.41, 5.74) is 5.20. The van der Waals surface area contributed by atoms with Gasteiger partial charge >= 0.3 is 0 Å². The molecule has 0 radical (unpaired) electrons. The van der Waals surface area contributed by atoms with Gasteiger partial charge in [0.05, 0.1) is 17.6 Å². The number of thiophene rings is 1. The third kappa shape index (κ3) is 2.70. The van der Waals surface area contributed by atoms with Crippen molar-refractivity contribution in [3.63, 3.8) is 0 Å². The van der Waals surface area contributed by atoms with E-state index in [1.165, 1.54) is 15.6 Å². The lowest BCUT2D eigenvalue weighted by molar-refractivity contribution is 0.412. The summed E-state index contributed by atoms with van der Waals surface area (Å²) in [6, 6.07) is 14.4. The number of hydrazine groups is 1. The normalized spacial score (nSPS) is 12.5. The minimum absolute atomic E-state index is 0.0606. The second kappa shape index (κ2) is 6.15. The topological polar surface area (TPSA) is 47.3 Å². The van der Waals surface area contributed by atoms with E-state index in [-0.39, 0.29) is 6.04 Å². The van der Waals surface area contributed by atoms with E-state index in [2.05, 4.69) is 51.0 Å². The summed E-state index contributed by atoms with van der Waals surface area (Å²) < 4.78 is 7.45. The molecule has 0 aliphatic heterocycles. The van der Waals surface area contributed by atoms with Crippen LogP contribution in [-0.2, 0) is 0 Å². The van der Waals surface area contributed by atoms with Crippen LogP contribution in [0.5, 0.6) is 5.75 Å². The highest BCUT2D eigenvalue weighted by Crippen LogP contribution is 2.34. The molecule has 0 amide bonds. The Morgan fingerprint density at radius 1 is 1.24 bits per heavy atom. The predicted octanol–water partition coefficient (Wildman–Crippen LogP) is 4.23. The fraction of sp³-hybridized carbons (Fsp3) is 0.125. The number of benzene rings is 2. The van der Waals surface area contributed by atoms with Crippen molar-refractivity contribution in [3.8, 4) is 5.75 Å². The molecule has 5 heteroatoms. The first kappa shape index (κ1) is 14.5. The Labute approximate surface area is 135 Å². The van der Waals surface area contributed by atoms with Crippen molar-refractivity contribution in [2.45, 2.75) is 6.04 Å². The van der Waals surface area contributed by atoms with Crippen LogP contribution in [0.2, 0.25) is 0 Å². The lowest BCUT2D eigenvalue weighted by Crippen LogP contribution is -2.28. The largest absolute Gasteiger partial charge is 0.496 e. The molecule has 21 heavy (non-hydrogen) atoms. The van der Waals surface area contributed by atoms with E-state index in [4.69, 9.17) is 10.6 Å². The number of hydrogen-bond donors (Lipinski definition) is 2. The van der Waals surface area contributed by atoms with Crippen molar-refractivity contribution in [1.29, 1.82) is 0 Å². The summed E-state index contributed by atoms with van der Waals surface area (Å²) in [5, 5.41) is 3.34. The molecular weight excluding hydrogens is 348 g/mol. The van der Waals surface area contributed by atoms with Gasteiger partial charge in [-0.1, -0.05) is 24.3 Å². The van der Waals surface area contributed by atoms with Crippen LogP contribution < -0.4 is 16.0 Å². The Morgan fingerprint density at radius 3 is 2.81 bits per heavy atom. The number of nitrogens with one attached hydrogen (secondary N) is 1. The van der Waals surface area contributed by atoms with Crippen molar-refractivity contribution in [2.75, 3.05) is 7.11 Å². The molecule has 1 heterocycles. The minimum atomic E-state index is -0.0606. The molecule has 108 valence electrons. The Balaban J connectivity index is 2.10. The molecule has 0 saturated carbocycles. The molecule has 0 saturated heterocycles. The molecule has 0 aliphatic carbocycles. The molecule has 2 aromatic carbocycles. The summed E-state index contributed by atoms with van der Waals surface area (Å²) in [7, 11) is 1.66. The number of halogens is 1. The van der Waals surface area contributed by atoms with Crippen molar-refractivity contribution < 1.29 is 4.74 Å². The lowest BCUT2D eigenvalue weighted by Gasteiger charge is -2.18. The van der Waals surface area contributed by atoms with E-state index in [0.29, 0.717) is 0 Å². The summed E-state index contributed by atoms with van der Waals surface area (Å²) in [5.74, 6) is 6.63. The van der Waals surface area contributed by atoms with Crippen molar-refractivity contribution in [1.82, 2.24) is 5.43 Å². The van der Waals surface area contributed by atoms with Crippen molar-refractivity contribution in [3.05, 3.63) is 63.4 Å². The SMILES string of the molecule is COc1ccc(C(NN)c2cccc3ccsc23)cc1Br. The van der Waals surface area contributed by atoms with Gasteiger partial charge in [-0.15, -0.1) is 11.3 Å². The number of nitrogens with two attached hydrogens (primary N) is 1. The molecule has 0 aliphatic rings. The first-order valence-electron chi connectivity index (χ1n) is 6.50. The van der Waals surface area contributed by atoms with Gasteiger partial charge in [-0.25, -0.2) is 5.43 Å². The van der Waals surface area contributed by atoms with Gasteiger partial charge in [0, 0.05) is 4.70 Å². The van der Waals surface area contributed by atoms with Crippen LogP contribution >= 0.6 is 27.3 Å². The number of rotatable bonds is 4. The molecule has 3 N–H and O–H groups in total. The van der Waals surface area contributed by atoms with Gasteiger partial charge in [0.2, 0.25) is 0 Å². The second-order valence-electron chi connectivity index (χ2n) is 4.68. The van der Waals surface area contributed by atoms with Crippen LogP contribution in [0, 0.1) is 0 Å². The number of methoxy groups -OCH3 is 1. The molecular formula is C16H15BrN2OS. The maximum atomic E-state index is 5.83. The molecule has 0 bridgehead atoms. The molecule has 1 aromatic heterocycles. The second-order valence-corrected chi connectivity index (χ2v) is 6.45. The van der Waals surface area contributed by atoms with Crippen LogP contribution in [0.1, 0.15) is 17.2 Å². The summed E-state index contributed by atoms with van der Waals surface area (Å²) >= 11 is 5.26. The fourth-order valence-electron chi connectivity index (χ4n) is 2.47. The predicted molar refractivity (Wildman–Crippen MR) is 91.7 cm³/mol. The molecule has 0 fully saturated rings. The Hall–Kier alpha value is -1.40.